The SMILES string of the molecule is CCC/C=C\CC(CC)C(=O)O. The Hall–Kier alpha value is -0.790. The molecule has 0 amide bonds. The molecule has 2 nitrogen and oxygen atoms in total. The van der Waals surface area contributed by atoms with Gasteiger partial charge in [-0.1, -0.05) is 32.4 Å². The summed E-state index contributed by atoms with van der Waals surface area (Å²) in [6, 6.07) is 0. The van der Waals surface area contributed by atoms with Gasteiger partial charge in [0, 0.05) is 0 Å². The Balaban J connectivity index is 3.64. The molecule has 0 saturated heterocycles. The van der Waals surface area contributed by atoms with Crippen LogP contribution in [0.4, 0.5) is 0 Å². The zero-order valence-electron chi connectivity index (χ0n) is 7.92. The highest BCUT2D eigenvalue weighted by molar-refractivity contribution is 5.70. The van der Waals surface area contributed by atoms with Crippen LogP contribution < -0.4 is 0 Å². The van der Waals surface area contributed by atoms with Crippen LogP contribution in [0.2, 0.25) is 0 Å². The molecule has 0 bridgehead atoms. The fraction of sp³-hybridized carbons (Fsp3) is 0.700. The summed E-state index contributed by atoms with van der Waals surface area (Å²) in [5.41, 5.74) is 0. The minimum absolute atomic E-state index is 0.196. The number of hydrogen-bond acceptors (Lipinski definition) is 1. The first-order valence-corrected chi connectivity index (χ1v) is 4.60. The second-order valence-electron chi connectivity index (χ2n) is 2.94. The number of carboxylic acids is 1. The number of rotatable bonds is 6. The van der Waals surface area contributed by atoms with Gasteiger partial charge in [0.1, 0.15) is 0 Å². The number of hydrogen-bond donors (Lipinski definition) is 1. The maximum atomic E-state index is 10.6. The molecule has 0 spiro atoms. The van der Waals surface area contributed by atoms with Crippen molar-refractivity contribution >= 4 is 5.97 Å². The third kappa shape index (κ3) is 4.94. The first-order chi connectivity index (χ1) is 5.72. The van der Waals surface area contributed by atoms with E-state index >= 15 is 0 Å². The van der Waals surface area contributed by atoms with Crippen molar-refractivity contribution < 1.29 is 9.90 Å². The second kappa shape index (κ2) is 6.89. The van der Waals surface area contributed by atoms with Crippen molar-refractivity contribution in [2.75, 3.05) is 0 Å². The molecule has 2 heteroatoms. The summed E-state index contributed by atoms with van der Waals surface area (Å²) in [5, 5.41) is 8.70. The minimum atomic E-state index is -0.682. The van der Waals surface area contributed by atoms with Gasteiger partial charge >= 0.3 is 5.97 Å². The van der Waals surface area contributed by atoms with Crippen molar-refractivity contribution in [1.29, 1.82) is 0 Å². The van der Waals surface area contributed by atoms with Crippen molar-refractivity contribution in [2.24, 2.45) is 5.92 Å². The van der Waals surface area contributed by atoms with Crippen molar-refractivity contribution in [1.82, 2.24) is 0 Å². The molecule has 0 fully saturated rings. The quantitative estimate of drug-likeness (QED) is 0.622. The molecular formula is C10H18O2. The van der Waals surface area contributed by atoms with Crippen LogP contribution in [-0.4, -0.2) is 11.1 Å². The van der Waals surface area contributed by atoms with Crippen LogP contribution in [0.15, 0.2) is 12.2 Å². The molecular weight excluding hydrogens is 152 g/mol. The van der Waals surface area contributed by atoms with E-state index in [1.54, 1.807) is 0 Å². The Kier molecular flexibility index (Phi) is 6.44. The zero-order valence-corrected chi connectivity index (χ0v) is 7.92. The third-order valence-corrected chi connectivity index (χ3v) is 1.88. The first kappa shape index (κ1) is 11.2. The van der Waals surface area contributed by atoms with Crippen LogP contribution in [0.3, 0.4) is 0 Å². The lowest BCUT2D eigenvalue weighted by Gasteiger charge is -2.04. The monoisotopic (exact) mass is 170 g/mol. The van der Waals surface area contributed by atoms with Crippen LogP contribution in [0.25, 0.3) is 0 Å². The fourth-order valence-corrected chi connectivity index (χ4v) is 0.987. The summed E-state index contributed by atoms with van der Waals surface area (Å²) in [6.45, 7) is 4.02. The standard InChI is InChI=1S/C10H18O2/c1-3-5-6-7-8-9(4-2)10(11)12/h6-7,9H,3-5,8H2,1-2H3,(H,11,12)/b7-6-. The molecule has 0 aliphatic carbocycles. The van der Waals surface area contributed by atoms with E-state index in [4.69, 9.17) is 5.11 Å². The zero-order chi connectivity index (χ0) is 9.40. The fourth-order valence-electron chi connectivity index (χ4n) is 0.987. The molecule has 0 radical (unpaired) electrons. The maximum Gasteiger partial charge on any atom is 0.306 e. The number of allylic oxidation sites excluding steroid dienone is 2. The van der Waals surface area contributed by atoms with Gasteiger partial charge in [-0.3, -0.25) is 4.79 Å². The van der Waals surface area contributed by atoms with E-state index in [1.807, 2.05) is 13.0 Å². The van der Waals surface area contributed by atoms with Crippen LogP contribution in [0.5, 0.6) is 0 Å². The number of unbranched alkanes of at least 4 members (excludes halogenated alkanes) is 1. The Bertz CT molecular complexity index is 150. The van der Waals surface area contributed by atoms with Gasteiger partial charge in [0.05, 0.1) is 5.92 Å². The highest BCUT2D eigenvalue weighted by atomic mass is 16.4. The lowest BCUT2D eigenvalue weighted by molar-refractivity contribution is -0.141. The normalized spacial score (nSPS) is 13.5. The summed E-state index contributed by atoms with van der Waals surface area (Å²) < 4.78 is 0. The molecule has 1 N–H and O–H groups in total. The lowest BCUT2D eigenvalue weighted by atomic mass is 10.0. The number of carbonyl (C=O) groups is 1. The van der Waals surface area contributed by atoms with Crippen molar-refractivity contribution in [2.45, 2.75) is 39.5 Å². The Labute approximate surface area is 74.3 Å². The molecule has 0 saturated carbocycles. The Morgan fingerprint density at radius 2 is 2.08 bits per heavy atom. The van der Waals surface area contributed by atoms with Crippen LogP contribution in [-0.2, 0) is 4.79 Å². The smallest absolute Gasteiger partial charge is 0.306 e. The van der Waals surface area contributed by atoms with E-state index < -0.39 is 5.97 Å². The molecule has 0 rings (SSSR count). The molecule has 70 valence electrons. The molecule has 0 heterocycles. The van der Waals surface area contributed by atoms with E-state index in [1.165, 1.54) is 0 Å². The highest BCUT2D eigenvalue weighted by Gasteiger charge is 2.11. The Morgan fingerprint density at radius 3 is 2.50 bits per heavy atom. The van der Waals surface area contributed by atoms with Crippen molar-refractivity contribution in [3.8, 4) is 0 Å². The van der Waals surface area contributed by atoms with E-state index in [9.17, 15) is 4.79 Å². The largest absolute Gasteiger partial charge is 0.481 e. The summed E-state index contributed by atoms with van der Waals surface area (Å²) in [4.78, 5) is 10.6. The summed E-state index contributed by atoms with van der Waals surface area (Å²) in [6.07, 6.45) is 7.60. The molecule has 0 aromatic carbocycles. The second-order valence-corrected chi connectivity index (χ2v) is 2.94. The predicted molar refractivity (Wildman–Crippen MR) is 50.1 cm³/mol. The van der Waals surface area contributed by atoms with Gasteiger partial charge in [-0.15, -0.1) is 0 Å². The van der Waals surface area contributed by atoms with Crippen LogP contribution in [0.1, 0.15) is 39.5 Å². The van der Waals surface area contributed by atoms with Gasteiger partial charge in [0.2, 0.25) is 0 Å². The average molecular weight is 170 g/mol. The number of carboxylic acid groups (broad SMARTS) is 1. The van der Waals surface area contributed by atoms with Gasteiger partial charge in [0.15, 0.2) is 0 Å². The topological polar surface area (TPSA) is 37.3 Å². The molecule has 12 heavy (non-hydrogen) atoms. The van der Waals surface area contributed by atoms with Crippen LogP contribution in [0, 0.1) is 5.92 Å². The molecule has 0 aromatic heterocycles. The van der Waals surface area contributed by atoms with Crippen molar-refractivity contribution in [3.05, 3.63) is 12.2 Å². The average Bonchev–Trinajstić information content (AvgIpc) is 2.04. The third-order valence-electron chi connectivity index (χ3n) is 1.88. The molecule has 0 aliphatic heterocycles. The summed E-state index contributed by atoms with van der Waals surface area (Å²) in [5.74, 6) is -0.878. The Morgan fingerprint density at radius 1 is 1.42 bits per heavy atom. The highest BCUT2D eigenvalue weighted by Crippen LogP contribution is 2.09. The minimum Gasteiger partial charge on any atom is -0.481 e. The van der Waals surface area contributed by atoms with Crippen LogP contribution >= 0.6 is 0 Å². The number of aliphatic carboxylic acids is 1. The molecule has 1 unspecified atom stereocenters. The molecule has 0 aromatic rings. The lowest BCUT2D eigenvalue weighted by Crippen LogP contribution is -2.11. The van der Waals surface area contributed by atoms with E-state index in [0.29, 0.717) is 12.8 Å². The van der Waals surface area contributed by atoms with Gasteiger partial charge in [0.25, 0.3) is 0 Å². The van der Waals surface area contributed by atoms with Gasteiger partial charge < -0.3 is 5.11 Å². The van der Waals surface area contributed by atoms with Crippen molar-refractivity contribution in [3.63, 3.8) is 0 Å². The van der Waals surface area contributed by atoms with E-state index in [-0.39, 0.29) is 5.92 Å². The predicted octanol–water partition coefficient (Wildman–Crippen LogP) is 2.84. The van der Waals surface area contributed by atoms with Gasteiger partial charge in [-0.05, 0) is 19.3 Å². The summed E-state index contributed by atoms with van der Waals surface area (Å²) in [7, 11) is 0. The molecule has 0 aliphatic rings. The van der Waals surface area contributed by atoms with Gasteiger partial charge in [-0.25, -0.2) is 0 Å². The first-order valence-electron chi connectivity index (χ1n) is 4.60. The van der Waals surface area contributed by atoms with E-state index in [2.05, 4.69) is 13.0 Å². The van der Waals surface area contributed by atoms with Gasteiger partial charge in [-0.2, -0.15) is 0 Å². The van der Waals surface area contributed by atoms with E-state index in [0.717, 1.165) is 12.8 Å². The maximum absolute atomic E-state index is 10.6. The molecule has 1 atom stereocenters. The summed E-state index contributed by atoms with van der Waals surface area (Å²) >= 11 is 0.